The summed E-state index contributed by atoms with van der Waals surface area (Å²) in [6, 6.07) is 22.2. The van der Waals surface area contributed by atoms with Crippen LogP contribution in [0.25, 0.3) is 5.69 Å². The maximum atomic E-state index is 6.05. The highest BCUT2D eigenvalue weighted by molar-refractivity contribution is 7.99. The van der Waals surface area contributed by atoms with Crippen LogP contribution in [-0.4, -0.2) is 19.7 Å². The van der Waals surface area contributed by atoms with Crippen LogP contribution in [0.1, 0.15) is 29.1 Å². The molecule has 0 fully saturated rings. The molecule has 146 valence electrons. The Morgan fingerprint density at radius 1 is 0.966 bits per heavy atom. The Kier molecular flexibility index (Phi) is 5.91. The zero-order chi connectivity index (χ0) is 20.1. The fourth-order valence-electron chi connectivity index (χ4n) is 3.01. The van der Waals surface area contributed by atoms with E-state index in [1.54, 1.807) is 18.0 Å². The summed E-state index contributed by atoms with van der Waals surface area (Å²) in [5.41, 5.74) is 3.26. The van der Waals surface area contributed by atoms with E-state index in [1.165, 1.54) is 0 Å². The molecule has 1 unspecified atom stereocenters. The molecule has 2 aromatic carbocycles. The third-order valence-electron chi connectivity index (χ3n) is 4.60. The molecule has 0 aliphatic heterocycles. The van der Waals surface area contributed by atoms with E-state index in [0.717, 1.165) is 33.5 Å². The number of hydrogen-bond donors (Lipinski definition) is 0. The molecule has 1 atom stereocenters. The third-order valence-corrected chi connectivity index (χ3v) is 5.70. The van der Waals surface area contributed by atoms with Crippen LogP contribution in [0, 0.1) is 6.92 Å². The van der Waals surface area contributed by atoms with E-state index in [-0.39, 0.29) is 5.25 Å². The topological polar surface area (TPSA) is 52.8 Å². The third kappa shape index (κ3) is 4.49. The summed E-state index contributed by atoms with van der Waals surface area (Å²) >= 11 is 1.66. The summed E-state index contributed by atoms with van der Waals surface area (Å²) in [4.78, 5) is 4.23. The fraction of sp³-hybridized carbons (Fsp3) is 0.174. The molecule has 0 spiro atoms. The maximum Gasteiger partial charge on any atom is 0.196 e. The lowest BCUT2D eigenvalue weighted by atomic mass is 10.2. The molecule has 0 aliphatic rings. The number of aromatic nitrogens is 4. The molecule has 0 saturated heterocycles. The van der Waals surface area contributed by atoms with Crippen molar-refractivity contribution in [3.63, 3.8) is 0 Å². The number of hydrogen-bond acceptors (Lipinski definition) is 5. The molecule has 0 saturated carbocycles. The summed E-state index contributed by atoms with van der Waals surface area (Å²) in [5, 5.41) is 9.93. The number of benzene rings is 2. The van der Waals surface area contributed by atoms with Gasteiger partial charge in [0.1, 0.15) is 12.4 Å². The Hall–Kier alpha value is -3.12. The van der Waals surface area contributed by atoms with E-state index < -0.39 is 0 Å². The van der Waals surface area contributed by atoms with Crippen molar-refractivity contribution in [2.75, 3.05) is 0 Å². The Balaban J connectivity index is 1.63. The first-order valence-corrected chi connectivity index (χ1v) is 10.3. The van der Waals surface area contributed by atoms with Crippen molar-refractivity contribution in [3.05, 3.63) is 96.1 Å². The van der Waals surface area contributed by atoms with Crippen LogP contribution in [-0.2, 0) is 6.61 Å². The first-order valence-electron chi connectivity index (χ1n) is 9.47. The van der Waals surface area contributed by atoms with Gasteiger partial charge in [-0.05, 0) is 49.2 Å². The monoisotopic (exact) mass is 402 g/mol. The number of pyridine rings is 1. The van der Waals surface area contributed by atoms with Gasteiger partial charge in [-0.3, -0.25) is 9.55 Å². The van der Waals surface area contributed by atoms with Crippen molar-refractivity contribution >= 4 is 11.8 Å². The highest BCUT2D eigenvalue weighted by Crippen LogP contribution is 2.35. The van der Waals surface area contributed by atoms with Gasteiger partial charge in [0.15, 0.2) is 11.0 Å². The number of thioether (sulfide) groups is 1. The molecule has 6 heteroatoms. The van der Waals surface area contributed by atoms with E-state index in [1.807, 2.05) is 61.7 Å². The minimum absolute atomic E-state index is 0.195. The largest absolute Gasteiger partial charge is 0.485 e. The Bertz CT molecular complexity index is 1070. The first-order chi connectivity index (χ1) is 14.2. The van der Waals surface area contributed by atoms with Gasteiger partial charge >= 0.3 is 0 Å². The number of ether oxygens (including phenoxy) is 1. The summed E-state index contributed by atoms with van der Waals surface area (Å²) in [6.45, 7) is 4.53. The lowest BCUT2D eigenvalue weighted by Gasteiger charge is -2.14. The van der Waals surface area contributed by atoms with Crippen LogP contribution in [0.15, 0.2) is 84.3 Å². The highest BCUT2D eigenvalue weighted by atomic mass is 32.2. The minimum Gasteiger partial charge on any atom is -0.485 e. The molecule has 2 aromatic heterocycles. The van der Waals surface area contributed by atoms with Crippen molar-refractivity contribution in [3.8, 4) is 11.4 Å². The molecular formula is C23H22N4OS. The second-order valence-corrected chi connectivity index (χ2v) is 7.98. The van der Waals surface area contributed by atoms with Gasteiger partial charge in [0, 0.05) is 23.3 Å². The smallest absolute Gasteiger partial charge is 0.196 e. The fourth-order valence-corrected chi connectivity index (χ4v) is 4.01. The summed E-state index contributed by atoms with van der Waals surface area (Å²) < 4.78 is 8.11. The van der Waals surface area contributed by atoms with Crippen molar-refractivity contribution in [1.82, 2.24) is 19.7 Å². The van der Waals surface area contributed by atoms with Crippen molar-refractivity contribution in [2.45, 2.75) is 30.9 Å². The Morgan fingerprint density at radius 2 is 1.76 bits per heavy atom. The van der Waals surface area contributed by atoms with Crippen molar-refractivity contribution in [2.24, 2.45) is 0 Å². The molecule has 0 bridgehead atoms. The molecule has 29 heavy (non-hydrogen) atoms. The van der Waals surface area contributed by atoms with Crippen LogP contribution in [0.4, 0.5) is 0 Å². The molecule has 0 aliphatic carbocycles. The zero-order valence-corrected chi connectivity index (χ0v) is 17.2. The minimum atomic E-state index is 0.195. The van der Waals surface area contributed by atoms with Crippen LogP contribution >= 0.6 is 11.8 Å². The Morgan fingerprint density at radius 3 is 2.52 bits per heavy atom. The van der Waals surface area contributed by atoms with E-state index in [4.69, 9.17) is 4.74 Å². The highest BCUT2D eigenvalue weighted by Gasteiger charge is 2.18. The molecule has 0 N–H and O–H groups in total. The summed E-state index contributed by atoms with van der Waals surface area (Å²) in [6.07, 6.45) is 3.68. The quantitative estimate of drug-likeness (QED) is 0.387. The SMILES string of the molecule is Cc1ccccc1OCc1nnc(SC(C)c2cccnc2)n1-c1ccccc1. The van der Waals surface area contributed by atoms with Gasteiger partial charge in [-0.15, -0.1) is 10.2 Å². The lowest BCUT2D eigenvalue weighted by Crippen LogP contribution is -2.07. The number of nitrogens with zero attached hydrogens (tertiary/aromatic N) is 4. The van der Waals surface area contributed by atoms with Crippen LogP contribution in [0.5, 0.6) is 5.75 Å². The molecule has 0 amide bonds. The van der Waals surface area contributed by atoms with E-state index in [0.29, 0.717) is 6.61 Å². The number of para-hydroxylation sites is 2. The molecule has 2 heterocycles. The zero-order valence-electron chi connectivity index (χ0n) is 16.4. The van der Waals surface area contributed by atoms with E-state index in [2.05, 4.69) is 44.9 Å². The molecule has 5 nitrogen and oxygen atoms in total. The normalized spacial score (nSPS) is 11.9. The van der Waals surface area contributed by atoms with Crippen molar-refractivity contribution in [1.29, 1.82) is 0 Å². The predicted octanol–water partition coefficient (Wildman–Crippen LogP) is 5.40. The second-order valence-electron chi connectivity index (χ2n) is 6.67. The number of aryl methyl sites for hydroxylation is 1. The van der Waals surface area contributed by atoms with Crippen LogP contribution in [0.2, 0.25) is 0 Å². The first kappa shape index (κ1) is 19.2. The molecular weight excluding hydrogens is 380 g/mol. The van der Waals surface area contributed by atoms with Gasteiger partial charge in [-0.2, -0.15) is 0 Å². The maximum absolute atomic E-state index is 6.05. The van der Waals surface area contributed by atoms with Gasteiger partial charge in [0.05, 0.1) is 0 Å². The average molecular weight is 403 g/mol. The molecule has 4 rings (SSSR count). The summed E-state index contributed by atoms with van der Waals surface area (Å²) in [5.74, 6) is 1.62. The van der Waals surface area contributed by atoms with E-state index in [9.17, 15) is 0 Å². The van der Waals surface area contributed by atoms with Gasteiger partial charge in [-0.1, -0.05) is 54.2 Å². The average Bonchev–Trinajstić information content (AvgIpc) is 3.16. The second kappa shape index (κ2) is 8.92. The van der Waals surface area contributed by atoms with Gasteiger partial charge in [-0.25, -0.2) is 0 Å². The molecule has 4 aromatic rings. The number of rotatable bonds is 7. The standard InChI is InChI=1S/C23H22N4OS/c1-17-9-6-7-13-21(17)28-16-22-25-26-23(27(22)20-11-4-3-5-12-20)29-18(2)19-10-8-14-24-15-19/h3-15,18H,16H2,1-2H3. The Labute approximate surface area is 174 Å². The predicted molar refractivity (Wildman–Crippen MR) is 115 cm³/mol. The van der Waals surface area contributed by atoms with Crippen LogP contribution in [0.3, 0.4) is 0 Å². The van der Waals surface area contributed by atoms with E-state index >= 15 is 0 Å². The van der Waals surface area contributed by atoms with Crippen molar-refractivity contribution < 1.29 is 4.74 Å². The lowest BCUT2D eigenvalue weighted by molar-refractivity contribution is 0.291. The van der Waals surface area contributed by atoms with Crippen LogP contribution < -0.4 is 4.74 Å². The van der Waals surface area contributed by atoms with Gasteiger partial charge in [0.2, 0.25) is 0 Å². The van der Waals surface area contributed by atoms with Gasteiger partial charge < -0.3 is 4.74 Å². The molecule has 0 radical (unpaired) electrons. The summed E-state index contributed by atoms with van der Waals surface area (Å²) in [7, 11) is 0. The van der Waals surface area contributed by atoms with Gasteiger partial charge in [0.25, 0.3) is 0 Å².